The average Bonchev–Trinajstić information content (AvgIpc) is 2.44. The van der Waals surface area contributed by atoms with Crippen molar-refractivity contribution < 1.29 is 9.84 Å². The van der Waals surface area contributed by atoms with Crippen LogP contribution in [0.3, 0.4) is 0 Å². The van der Waals surface area contributed by atoms with Gasteiger partial charge in [-0.15, -0.1) is 0 Å². The second-order valence-corrected chi connectivity index (χ2v) is 6.23. The highest BCUT2D eigenvalue weighted by Gasteiger charge is 2.34. The van der Waals surface area contributed by atoms with Gasteiger partial charge in [0.2, 0.25) is 0 Å². The molecule has 0 spiro atoms. The van der Waals surface area contributed by atoms with Crippen molar-refractivity contribution in [3.8, 4) is 0 Å². The summed E-state index contributed by atoms with van der Waals surface area (Å²) in [5.74, 6) is 0.484. The van der Waals surface area contributed by atoms with E-state index in [0.717, 1.165) is 24.8 Å². The lowest BCUT2D eigenvalue weighted by Gasteiger charge is -2.36. The van der Waals surface area contributed by atoms with Crippen LogP contribution < -0.4 is 5.32 Å². The Kier molecular flexibility index (Phi) is 5.19. The van der Waals surface area contributed by atoms with E-state index in [9.17, 15) is 5.11 Å². The minimum absolute atomic E-state index is 0.276. The Morgan fingerprint density at radius 2 is 2.10 bits per heavy atom. The van der Waals surface area contributed by atoms with Crippen molar-refractivity contribution in [2.45, 2.75) is 44.8 Å². The van der Waals surface area contributed by atoms with Crippen LogP contribution in [0.25, 0.3) is 0 Å². The van der Waals surface area contributed by atoms with Gasteiger partial charge in [0.05, 0.1) is 6.61 Å². The first-order valence-corrected chi connectivity index (χ1v) is 7.60. The largest absolute Gasteiger partial charge is 0.384 e. The second-order valence-electron chi connectivity index (χ2n) is 6.23. The molecular formula is C17H27NO2. The Bertz CT molecular complexity index is 433. The van der Waals surface area contributed by atoms with Crippen molar-refractivity contribution in [1.29, 1.82) is 0 Å². The third-order valence-electron chi connectivity index (χ3n) is 4.36. The number of aliphatic hydroxyl groups is 1. The van der Waals surface area contributed by atoms with Gasteiger partial charge in [0.15, 0.2) is 0 Å². The molecule has 2 atom stereocenters. The fraction of sp³-hybridized carbons (Fsp3) is 0.647. The van der Waals surface area contributed by atoms with Crippen molar-refractivity contribution in [3.05, 3.63) is 35.4 Å². The van der Waals surface area contributed by atoms with Crippen LogP contribution in [0, 0.1) is 5.92 Å². The minimum atomic E-state index is -0.740. The van der Waals surface area contributed by atoms with E-state index in [1.54, 1.807) is 7.11 Å². The standard InChI is InChI=1S/C17H27NO2/c1-13(2)16(11-20-3)18-12-17(19)10-6-8-14-7-4-5-9-15(14)17/h4-5,7,9,13,16,18-19H,6,8,10-12H2,1-3H3. The van der Waals surface area contributed by atoms with Gasteiger partial charge in [-0.05, 0) is 36.3 Å². The van der Waals surface area contributed by atoms with E-state index in [-0.39, 0.29) is 6.04 Å². The highest BCUT2D eigenvalue weighted by atomic mass is 16.5. The molecule has 2 N–H and O–H groups in total. The molecule has 0 heterocycles. The zero-order valence-corrected chi connectivity index (χ0v) is 12.9. The van der Waals surface area contributed by atoms with Crippen LogP contribution in [0.5, 0.6) is 0 Å². The van der Waals surface area contributed by atoms with Gasteiger partial charge >= 0.3 is 0 Å². The molecule has 0 bridgehead atoms. The smallest absolute Gasteiger partial charge is 0.102 e. The summed E-state index contributed by atoms with van der Waals surface area (Å²) in [6.45, 7) is 5.62. The maximum atomic E-state index is 11.0. The number of hydrogen-bond acceptors (Lipinski definition) is 3. The van der Waals surface area contributed by atoms with Crippen molar-refractivity contribution in [3.63, 3.8) is 0 Å². The molecule has 112 valence electrons. The van der Waals surface area contributed by atoms with Gasteiger partial charge in [0, 0.05) is 19.7 Å². The molecule has 1 aromatic rings. The molecule has 0 amide bonds. The summed E-state index contributed by atoms with van der Waals surface area (Å²) in [5.41, 5.74) is 1.64. The van der Waals surface area contributed by atoms with Gasteiger partial charge in [-0.1, -0.05) is 38.1 Å². The molecule has 20 heavy (non-hydrogen) atoms. The van der Waals surface area contributed by atoms with Crippen LogP contribution in [0.2, 0.25) is 0 Å². The summed E-state index contributed by atoms with van der Waals surface area (Å²) in [6, 6.07) is 8.55. The third-order valence-corrected chi connectivity index (χ3v) is 4.36. The molecule has 0 fully saturated rings. The fourth-order valence-electron chi connectivity index (χ4n) is 3.05. The molecule has 1 aromatic carbocycles. The topological polar surface area (TPSA) is 41.5 Å². The number of methoxy groups -OCH3 is 1. The van der Waals surface area contributed by atoms with Crippen molar-refractivity contribution in [2.24, 2.45) is 5.92 Å². The summed E-state index contributed by atoms with van der Waals surface area (Å²) >= 11 is 0. The van der Waals surface area contributed by atoms with E-state index >= 15 is 0 Å². The van der Waals surface area contributed by atoms with E-state index in [1.807, 2.05) is 6.07 Å². The third kappa shape index (κ3) is 3.40. The molecule has 0 radical (unpaired) electrons. The maximum absolute atomic E-state index is 11.0. The average molecular weight is 277 g/mol. The van der Waals surface area contributed by atoms with Gasteiger partial charge in [-0.2, -0.15) is 0 Å². The molecule has 1 aliphatic rings. The molecule has 3 heteroatoms. The summed E-state index contributed by atoms with van der Waals surface area (Å²) in [6.07, 6.45) is 2.95. The van der Waals surface area contributed by atoms with E-state index in [2.05, 4.69) is 37.4 Å². The molecule has 2 unspecified atom stereocenters. The van der Waals surface area contributed by atoms with Gasteiger partial charge < -0.3 is 15.2 Å². The van der Waals surface area contributed by atoms with Gasteiger partial charge in [-0.3, -0.25) is 0 Å². The number of hydrogen-bond donors (Lipinski definition) is 2. The summed E-state index contributed by atoms with van der Waals surface area (Å²) in [5, 5.41) is 14.5. The van der Waals surface area contributed by atoms with Gasteiger partial charge in [0.25, 0.3) is 0 Å². The van der Waals surface area contributed by atoms with E-state index < -0.39 is 5.60 Å². The fourth-order valence-corrected chi connectivity index (χ4v) is 3.05. The molecule has 0 aliphatic heterocycles. The summed E-state index contributed by atoms with van der Waals surface area (Å²) < 4.78 is 5.26. The first-order chi connectivity index (χ1) is 9.57. The molecule has 3 nitrogen and oxygen atoms in total. The predicted molar refractivity (Wildman–Crippen MR) is 81.8 cm³/mol. The van der Waals surface area contributed by atoms with Crippen LogP contribution in [0.1, 0.15) is 37.8 Å². The quantitative estimate of drug-likeness (QED) is 0.839. The zero-order chi connectivity index (χ0) is 14.6. The molecule has 1 aliphatic carbocycles. The van der Waals surface area contributed by atoms with Crippen LogP contribution in [0.15, 0.2) is 24.3 Å². The SMILES string of the molecule is COCC(NCC1(O)CCCc2ccccc21)C(C)C. The van der Waals surface area contributed by atoms with Crippen LogP contribution in [0.4, 0.5) is 0 Å². The predicted octanol–water partition coefficient (Wildman–Crippen LogP) is 2.47. The normalized spacial score (nSPS) is 23.6. The van der Waals surface area contributed by atoms with Crippen LogP contribution in [-0.2, 0) is 16.8 Å². The maximum Gasteiger partial charge on any atom is 0.102 e. The van der Waals surface area contributed by atoms with E-state index in [1.165, 1.54) is 5.56 Å². The number of aryl methyl sites for hydroxylation is 1. The molecule has 0 saturated carbocycles. The number of benzene rings is 1. The molecule has 2 rings (SSSR count). The minimum Gasteiger partial charge on any atom is -0.384 e. The summed E-state index contributed by atoms with van der Waals surface area (Å²) in [7, 11) is 1.72. The first-order valence-electron chi connectivity index (χ1n) is 7.60. The number of rotatable bonds is 6. The number of nitrogens with one attached hydrogen (secondary N) is 1. The Hall–Kier alpha value is -0.900. The highest BCUT2D eigenvalue weighted by molar-refractivity contribution is 5.35. The van der Waals surface area contributed by atoms with Crippen LogP contribution in [-0.4, -0.2) is 31.4 Å². The van der Waals surface area contributed by atoms with Crippen molar-refractivity contribution in [1.82, 2.24) is 5.32 Å². The highest BCUT2D eigenvalue weighted by Crippen LogP contribution is 2.34. The Morgan fingerprint density at radius 3 is 2.80 bits per heavy atom. The lowest BCUT2D eigenvalue weighted by atomic mass is 9.79. The Balaban J connectivity index is 2.08. The van der Waals surface area contributed by atoms with Crippen molar-refractivity contribution in [2.75, 3.05) is 20.3 Å². The lowest BCUT2D eigenvalue weighted by molar-refractivity contribution is 0.0113. The van der Waals surface area contributed by atoms with Crippen LogP contribution >= 0.6 is 0 Å². The number of ether oxygens (including phenoxy) is 1. The summed E-state index contributed by atoms with van der Waals surface area (Å²) in [4.78, 5) is 0. The van der Waals surface area contributed by atoms with Gasteiger partial charge in [0.1, 0.15) is 5.60 Å². The lowest BCUT2D eigenvalue weighted by Crippen LogP contribution is -2.47. The zero-order valence-electron chi connectivity index (χ0n) is 12.9. The van der Waals surface area contributed by atoms with Gasteiger partial charge in [-0.25, -0.2) is 0 Å². The first kappa shape index (κ1) is 15.5. The van der Waals surface area contributed by atoms with Crippen molar-refractivity contribution >= 4 is 0 Å². The molecular weight excluding hydrogens is 250 g/mol. The second kappa shape index (κ2) is 6.70. The monoisotopic (exact) mass is 277 g/mol. The number of fused-ring (bicyclic) bond motifs is 1. The van der Waals surface area contributed by atoms with E-state index in [4.69, 9.17) is 4.74 Å². The Morgan fingerprint density at radius 1 is 1.35 bits per heavy atom. The Labute approximate surface area is 122 Å². The molecule has 0 saturated heterocycles. The van der Waals surface area contributed by atoms with E-state index in [0.29, 0.717) is 19.1 Å². The molecule has 0 aromatic heterocycles.